The molecule has 0 amide bonds. The van der Waals surface area contributed by atoms with Gasteiger partial charge in [-0.25, -0.2) is 0 Å². The maximum Gasteiger partial charge on any atom is -0.00367 e. The van der Waals surface area contributed by atoms with Crippen LogP contribution in [0.3, 0.4) is 0 Å². The minimum Gasteiger partial charge on any atom is -0.0702 e. The smallest absolute Gasteiger partial charge is 0.00367 e. The highest BCUT2D eigenvalue weighted by Gasteiger charge is 2.02. The average Bonchev–Trinajstić information content (AvgIpc) is 1.89. The quantitative estimate of drug-likeness (QED) is 0.437. The van der Waals surface area contributed by atoms with Crippen LogP contribution in [0.5, 0.6) is 0 Å². The molecular weight excluding hydrogens is 120 g/mol. The summed E-state index contributed by atoms with van der Waals surface area (Å²) in [6.45, 7) is 0. The highest BCUT2D eigenvalue weighted by molar-refractivity contribution is 5.56. The zero-order valence-electron chi connectivity index (χ0n) is 5.46. The van der Waals surface area contributed by atoms with Gasteiger partial charge in [0.25, 0.3) is 0 Å². The van der Waals surface area contributed by atoms with Crippen LogP contribution >= 0.6 is 0 Å². The third-order valence-corrected chi connectivity index (χ3v) is 1.54. The third-order valence-electron chi connectivity index (χ3n) is 1.54. The van der Waals surface area contributed by atoms with E-state index >= 15 is 0 Å². The van der Waals surface area contributed by atoms with Crippen molar-refractivity contribution in [3.05, 3.63) is 59.1 Å². The summed E-state index contributed by atoms with van der Waals surface area (Å²) in [6, 6.07) is 0. The van der Waals surface area contributed by atoms with E-state index in [0.29, 0.717) is 0 Å². The molecule has 2 rings (SSSR count). The van der Waals surface area contributed by atoms with Crippen LogP contribution in [-0.2, 0) is 0 Å². The van der Waals surface area contributed by atoms with Gasteiger partial charge in [-0.15, -0.1) is 0 Å². The fraction of sp³-hybridized carbons (Fsp3) is 0. The SMILES string of the molecule is C1=C=CC2=C(C=CC=1)C=C2. The fourth-order valence-electron chi connectivity index (χ4n) is 0.926. The van der Waals surface area contributed by atoms with Gasteiger partial charge in [-0.05, 0) is 23.3 Å². The molecule has 2 aliphatic carbocycles. The second-order valence-electron chi connectivity index (χ2n) is 2.20. The van der Waals surface area contributed by atoms with E-state index in [-0.39, 0.29) is 0 Å². The summed E-state index contributed by atoms with van der Waals surface area (Å²) < 4.78 is 0. The Morgan fingerprint density at radius 3 is 2.60 bits per heavy atom. The minimum absolute atomic E-state index is 1.25. The molecule has 10 heavy (non-hydrogen) atoms. The molecule has 0 saturated carbocycles. The Balaban J connectivity index is 2.53. The van der Waals surface area contributed by atoms with Gasteiger partial charge in [-0.1, -0.05) is 35.8 Å². The molecule has 0 heteroatoms. The molecule has 0 spiro atoms. The molecule has 0 unspecified atom stereocenters. The zero-order chi connectivity index (χ0) is 6.81. The molecule has 0 heterocycles. The van der Waals surface area contributed by atoms with Crippen molar-refractivity contribution >= 4 is 0 Å². The van der Waals surface area contributed by atoms with Crippen molar-refractivity contribution in [3.63, 3.8) is 0 Å². The van der Waals surface area contributed by atoms with E-state index in [1.807, 2.05) is 18.2 Å². The molecule has 46 valence electrons. The van der Waals surface area contributed by atoms with Gasteiger partial charge in [0.05, 0.1) is 0 Å². The Hall–Kier alpha value is -1.48. The molecule has 0 aromatic carbocycles. The van der Waals surface area contributed by atoms with Gasteiger partial charge in [0, 0.05) is 0 Å². The second kappa shape index (κ2) is 2.04. The van der Waals surface area contributed by atoms with Gasteiger partial charge in [-0.3, -0.25) is 0 Å². The predicted octanol–water partition coefficient (Wildman–Crippen LogP) is 2.29. The van der Waals surface area contributed by atoms with E-state index in [1.165, 1.54) is 11.1 Å². The summed E-state index contributed by atoms with van der Waals surface area (Å²) in [5.74, 6) is 0. The van der Waals surface area contributed by atoms with Crippen molar-refractivity contribution in [2.45, 2.75) is 0 Å². The normalized spacial score (nSPS) is 18.4. The maximum absolute atomic E-state index is 2.93. The topological polar surface area (TPSA) is 0 Å². The van der Waals surface area contributed by atoms with Crippen LogP contribution in [0.1, 0.15) is 0 Å². The summed E-state index contributed by atoms with van der Waals surface area (Å²) in [6.07, 6.45) is 12.0. The average molecular weight is 126 g/mol. The van der Waals surface area contributed by atoms with E-state index in [1.54, 1.807) is 0 Å². The van der Waals surface area contributed by atoms with E-state index in [2.05, 4.69) is 29.7 Å². The molecule has 0 aliphatic heterocycles. The molecular formula is C10H6. The number of allylic oxidation sites excluding steroid dienone is 8. The van der Waals surface area contributed by atoms with Gasteiger partial charge in [0.1, 0.15) is 0 Å². The van der Waals surface area contributed by atoms with Gasteiger partial charge >= 0.3 is 0 Å². The largest absolute Gasteiger partial charge is 0.0702 e. The Morgan fingerprint density at radius 1 is 0.900 bits per heavy atom. The number of hydrogen-bond donors (Lipinski definition) is 0. The van der Waals surface area contributed by atoms with E-state index in [4.69, 9.17) is 0 Å². The molecule has 0 aromatic rings. The molecule has 0 atom stereocenters. The van der Waals surface area contributed by atoms with Crippen LogP contribution < -0.4 is 0 Å². The Morgan fingerprint density at radius 2 is 1.80 bits per heavy atom. The van der Waals surface area contributed by atoms with Crippen LogP contribution in [0.2, 0.25) is 0 Å². The third kappa shape index (κ3) is 0.728. The monoisotopic (exact) mass is 126 g/mol. The first-order valence-electron chi connectivity index (χ1n) is 3.23. The first kappa shape index (κ1) is 5.32. The van der Waals surface area contributed by atoms with Crippen LogP contribution in [0.4, 0.5) is 0 Å². The van der Waals surface area contributed by atoms with Gasteiger partial charge in [0.15, 0.2) is 0 Å². The molecule has 0 aromatic heterocycles. The van der Waals surface area contributed by atoms with E-state index in [0.717, 1.165) is 0 Å². The Kier molecular flexibility index (Phi) is 1.08. The van der Waals surface area contributed by atoms with Gasteiger partial charge in [-0.2, -0.15) is 0 Å². The fourth-order valence-corrected chi connectivity index (χ4v) is 0.926. The molecule has 0 saturated heterocycles. The first-order chi connectivity index (χ1) is 4.97. The number of rotatable bonds is 0. The lowest BCUT2D eigenvalue weighted by Crippen LogP contribution is -1.89. The Labute approximate surface area is 59.9 Å². The van der Waals surface area contributed by atoms with E-state index in [9.17, 15) is 0 Å². The van der Waals surface area contributed by atoms with E-state index < -0.39 is 0 Å². The van der Waals surface area contributed by atoms with Crippen molar-refractivity contribution in [1.82, 2.24) is 0 Å². The highest BCUT2D eigenvalue weighted by atomic mass is 14.1. The zero-order valence-corrected chi connectivity index (χ0v) is 5.46. The predicted molar refractivity (Wildman–Crippen MR) is 41.5 cm³/mol. The minimum atomic E-state index is 1.25. The van der Waals surface area contributed by atoms with Crippen LogP contribution in [0.15, 0.2) is 59.1 Å². The maximum atomic E-state index is 2.93. The standard InChI is InChI=1S/C10H6/c1-2-4-6-10-8-7-9(10)5-3-1/h1,3,5-8H. The molecule has 0 fully saturated rings. The summed E-state index contributed by atoms with van der Waals surface area (Å²) in [4.78, 5) is 0. The van der Waals surface area contributed by atoms with Crippen LogP contribution in [0, 0.1) is 0 Å². The van der Waals surface area contributed by atoms with Crippen LogP contribution in [-0.4, -0.2) is 0 Å². The number of hydrogen-bond acceptors (Lipinski definition) is 0. The lowest BCUT2D eigenvalue weighted by atomic mass is 9.97. The molecule has 0 bridgehead atoms. The summed E-state index contributed by atoms with van der Waals surface area (Å²) in [7, 11) is 0. The molecule has 0 radical (unpaired) electrons. The first-order valence-corrected chi connectivity index (χ1v) is 3.23. The highest BCUT2D eigenvalue weighted by Crippen LogP contribution is 2.20. The summed E-state index contributed by atoms with van der Waals surface area (Å²) in [5.41, 5.74) is 8.34. The molecule has 0 N–H and O–H groups in total. The second-order valence-corrected chi connectivity index (χ2v) is 2.20. The summed E-state index contributed by atoms with van der Waals surface area (Å²) in [5, 5.41) is 0. The van der Waals surface area contributed by atoms with Crippen molar-refractivity contribution < 1.29 is 0 Å². The van der Waals surface area contributed by atoms with Crippen LogP contribution in [0.25, 0.3) is 0 Å². The van der Waals surface area contributed by atoms with Crippen molar-refractivity contribution in [1.29, 1.82) is 0 Å². The molecule has 2 aliphatic rings. The lowest BCUT2D eigenvalue weighted by molar-refractivity contribution is 1.47. The van der Waals surface area contributed by atoms with Crippen molar-refractivity contribution in [2.24, 2.45) is 0 Å². The van der Waals surface area contributed by atoms with Crippen molar-refractivity contribution in [2.75, 3.05) is 0 Å². The summed E-state index contributed by atoms with van der Waals surface area (Å²) >= 11 is 0. The Bertz CT molecular complexity index is 336. The molecule has 0 nitrogen and oxygen atoms in total. The van der Waals surface area contributed by atoms with Gasteiger partial charge < -0.3 is 0 Å². The van der Waals surface area contributed by atoms with Gasteiger partial charge in [0.2, 0.25) is 0 Å². The lowest BCUT2D eigenvalue weighted by Gasteiger charge is -2.07. The van der Waals surface area contributed by atoms with Crippen molar-refractivity contribution in [3.8, 4) is 0 Å².